The molecule has 1 N–H and O–H groups in total. The van der Waals surface area contributed by atoms with Gasteiger partial charge in [-0.25, -0.2) is 9.36 Å². The Morgan fingerprint density at radius 3 is 1.79 bits per heavy atom. The van der Waals surface area contributed by atoms with Gasteiger partial charge < -0.3 is 24.6 Å². The topological polar surface area (TPSA) is 102 Å². The Labute approximate surface area is 338 Å². The van der Waals surface area contributed by atoms with E-state index in [0.29, 0.717) is 55.3 Å². The van der Waals surface area contributed by atoms with E-state index in [1.807, 2.05) is 33.9 Å². The van der Waals surface area contributed by atoms with Crippen LogP contribution in [0.25, 0.3) is 33.6 Å². The van der Waals surface area contributed by atoms with E-state index in [2.05, 4.69) is 105 Å². The second-order valence-corrected chi connectivity index (χ2v) is 17.2. The van der Waals surface area contributed by atoms with Crippen LogP contribution < -0.4 is 24.6 Å². The molecule has 4 aromatic heterocycles. The average Bonchev–Trinajstić information content (AvgIpc) is 3.83. The Morgan fingerprint density at radius 2 is 1.24 bits per heavy atom. The number of anilines is 2. The highest BCUT2D eigenvalue weighted by atomic mass is 16.5. The smallest absolute Gasteiger partial charge is 0.223 e. The van der Waals surface area contributed by atoms with Crippen molar-refractivity contribution in [1.82, 2.24) is 39.7 Å². The lowest BCUT2D eigenvalue weighted by Crippen LogP contribution is -2.60. The maximum absolute atomic E-state index is 6.30. The van der Waals surface area contributed by atoms with Crippen LogP contribution in [0.15, 0.2) is 97.6 Å². The summed E-state index contributed by atoms with van der Waals surface area (Å²) in [5, 5.41) is 12.8. The van der Waals surface area contributed by atoms with Crippen LogP contribution in [-0.4, -0.2) is 91.3 Å². The molecule has 58 heavy (non-hydrogen) atoms. The van der Waals surface area contributed by atoms with E-state index in [1.54, 1.807) is 12.4 Å². The molecule has 1 saturated carbocycles. The van der Waals surface area contributed by atoms with Crippen LogP contribution in [-0.2, 0) is 13.2 Å². The number of hydrogen-bond acceptors (Lipinski definition) is 10. The van der Waals surface area contributed by atoms with Gasteiger partial charge >= 0.3 is 0 Å². The van der Waals surface area contributed by atoms with Crippen molar-refractivity contribution in [3.8, 4) is 45.4 Å². The van der Waals surface area contributed by atoms with Crippen molar-refractivity contribution < 1.29 is 9.47 Å². The number of pyridine rings is 2. The zero-order chi connectivity index (χ0) is 38.5. The van der Waals surface area contributed by atoms with E-state index < -0.39 is 0 Å². The highest BCUT2D eigenvalue weighted by Gasteiger charge is 2.59. The number of fused-ring (bicyclic) bond motifs is 9. The molecule has 0 spiro atoms. The molecule has 294 valence electrons. The molecule has 3 saturated heterocycles. The van der Waals surface area contributed by atoms with Gasteiger partial charge in [0.2, 0.25) is 11.8 Å². The molecule has 5 atom stereocenters. The van der Waals surface area contributed by atoms with Crippen LogP contribution in [0, 0.1) is 11.8 Å². The lowest BCUT2D eigenvalue weighted by atomic mass is 9.80. The Bertz CT molecular complexity index is 2480. The molecular weight excluding hydrogens is 725 g/mol. The number of nitrogens with zero attached hydrogens (tertiary/aromatic N) is 9. The highest BCUT2D eigenvalue weighted by molar-refractivity contribution is 5.77. The summed E-state index contributed by atoms with van der Waals surface area (Å²) in [4.78, 5) is 18.0. The van der Waals surface area contributed by atoms with Crippen molar-refractivity contribution in [2.24, 2.45) is 11.8 Å². The Hall–Kier alpha value is -5.72. The molecule has 9 heterocycles. The summed E-state index contributed by atoms with van der Waals surface area (Å²) in [5.41, 5.74) is 8.92. The second-order valence-electron chi connectivity index (χ2n) is 17.2. The minimum absolute atomic E-state index is 0.464. The predicted octanol–water partition coefficient (Wildman–Crippen LogP) is 6.51. The number of hydrogen-bond donors (Lipinski definition) is 1. The van der Waals surface area contributed by atoms with Gasteiger partial charge in [-0.3, -0.25) is 4.90 Å². The molecule has 5 aliphatic heterocycles. The summed E-state index contributed by atoms with van der Waals surface area (Å²) >= 11 is 0. The van der Waals surface area contributed by atoms with Gasteiger partial charge in [0.1, 0.15) is 24.8 Å². The van der Waals surface area contributed by atoms with E-state index in [4.69, 9.17) is 19.4 Å². The molecule has 2 bridgehead atoms. The molecule has 6 aromatic rings. The number of benzene rings is 2. The van der Waals surface area contributed by atoms with Crippen molar-refractivity contribution >= 4 is 11.6 Å². The van der Waals surface area contributed by atoms with Gasteiger partial charge in [-0.15, -0.1) is 0 Å². The fraction of sp³-hybridized carbons (Fsp3) is 0.391. The minimum atomic E-state index is 0.464. The summed E-state index contributed by atoms with van der Waals surface area (Å²) < 4.78 is 16.3. The fourth-order valence-corrected chi connectivity index (χ4v) is 11.2. The fourth-order valence-electron chi connectivity index (χ4n) is 11.2. The molecule has 12 nitrogen and oxygen atoms in total. The van der Waals surface area contributed by atoms with Gasteiger partial charge in [-0.2, -0.15) is 20.2 Å². The number of nitrogens with one attached hydrogen (secondary N) is 1. The van der Waals surface area contributed by atoms with Gasteiger partial charge in [0.25, 0.3) is 0 Å². The van der Waals surface area contributed by atoms with E-state index in [-0.39, 0.29) is 0 Å². The zero-order valence-electron chi connectivity index (χ0n) is 33.0. The van der Waals surface area contributed by atoms with E-state index in [1.165, 1.54) is 37.1 Å². The molecule has 2 aromatic carbocycles. The summed E-state index contributed by atoms with van der Waals surface area (Å²) in [5.74, 6) is 4.91. The van der Waals surface area contributed by atoms with Crippen LogP contribution in [0.4, 0.5) is 11.6 Å². The van der Waals surface area contributed by atoms with Crippen molar-refractivity contribution in [2.45, 2.75) is 76.0 Å². The molecule has 4 fully saturated rings. The van der Waals surface area contributed by atoms with Gasteiger partial charge in [-0.1, -0.05) is 12.1 Å². The second kappa shape index (κ2) is 13.4. The largest absolute Gasteiger partial charge is 0.472 e. The summed E-state index contributed by atoms with van der Waals surface area (Å²) in [6.07, 6.45) is 12.3. The average molecular weight is 773 g/mol. The maximum atomic E-state index is 6.30. The molecule has 1 aliphatic carbocycles. The molecule has 1 unspecified atom stereocenters. The normalized spacial score (nSPS) is 26.3. The quantitative estimate of drug-likeness (QED) is 0.184. The van der Waals surface area contributed by atoms with Gasteiger partial charge in [0, 0.05) is 92.8 Å². The zero-order valence-corrected chi connectivity index (χ0v) is 33.0. The van der Waals surface area contributed by atoms with Crippen molar-refractivity contribution in [3.63, 3.8) is 0 Å². The van der Waals surface area contributed by atoms with Gasteiger partial charge in [-0.05, 0) is 127 Å². The van der Waals surface area contributed by atoms with Gasteiger partial charge in [0.15, 0.2) is 0 Å². The number of piperidine rings is 3. The first-order valence-electron chi connectivity index (χ1n) is 21.1. The third-order valence-electron chi connectivity index (χ3n) is 14.0. The Balaban J connectivity index is 0.676. The van der Waals surface area contributed by atoms with Crippen LogP contribution in [0.5, 0.6) is 11.8 Å². The van der Waals surface area contributed by atoms with Crippen LogP contribution in [0.1, 0.15) is 43.7 Å². The lowest BCUT2D eigenvalue weighted by Gasteiger charge is -2.49. The van der Waals surface area contributed by atoms with Crippen LogP contribution in [0.2, 0.25) is 0 Å². The summed E-state index contributed by atoms with van der Waals surface area (Å²) in [7, 11) is 2.23. The monoisotopic (exact) mass is 772 g/mol. The molecule has 0 amide bonds. The van der Waals surface area contributed by atoms with E-state index >= 15 is 0 Å². The number of aromatic nitrogens is 6. The van der Waals surface area contributed by atoms with Crippen LogP contribution in [0.3, 0.4) is 0 Å². The number of likely N-dealkylation sites (tertiary alicyclic amines) is 1. The summed E-state index contributed by atoms with van der Waals surface area (Å²) in [6, 6.07) is 28.3. The molecule has 12 heteroatoms. The third kappa shape index (κ3) is 5.71. The molecular formula is C46H48N10O2. The molecule has 0 radical (unpaired) electrons. The standard InChI is InChI=1S/C46H48N10O2/c1-3-54(43-13-11-39-37-9-7-33(56-17-5-15-48-56)19-29(37)27-58-46(39)51-43)35-22-30-20-34(21-31(23-35)49-30)53-24-40-41(25-53)44(40)52(2)42-12-10-38-36-8-6-32(55-16-4-14-47-55)18-28(36)26-57-45(38)50-42/h4-19,30-31,34-35,40-41,44,49H,3,20-27H2,1-2H3/t30-,31-,34?,35?,40-,41+,44?/m0/s1. The van der Waals surface area contributed by atoms with E-state index in [0.717, 1.165) is 76.4 Å². The first-order valence-corrected chi connectivity index (χ1v) is 21.1. The van der Waals surface area contributed by atoms with Crippen molar-refractivity contribution in [2.75, 3.05) is 36.5 Å². The lowest BCUT2D eigenvalue weighted by molar-refractivity contribution is 0.102. The first-order chi connectivity index (χ1) is 28.5. The van der Waals surface area contributed by atoms with E-state index in [9.17, 15) is 0 Å². The first kappa shape index (κ1) is 34.3. The molecule has 12 rings (SSSR count). The maximum Gasteiger partial charge on any atom is 0.223 e. The van der Waals surface area contributed by atoms with Gasteiger partial charge in [0.05, 0.1) is 11.4 Å². The summed E-state index contributed by atoms with van der Waals surface area (Å²) in [6.45, 7) is 6.60. The van der Waals surface area contributed by atoms with Crippen LogP contribution >= 0.6 is 0 Å². The highest BCUT2D eigenvalue weighted by Crippen LogP contribution is 2.51. The van der Waals surface area contributed by atoms with Crippen molar-refractivity contribution in [1.29, 1.82) is 0 Å². The number of ether oxygens (including phenoxy) is 2. The molecule has 6 aliphatic rings. The Morgan fingerprint density at radius 1 is 0.690 bits per heavy atom. The Kier molecular flexibility index (Phi) is 7.94. The SMILES string of the molecule is CCN(c1ccc2c(n1)OCc1cc(-n3cccn3)ccc1-2)C1C[C@@H]2CC(N3C[C@@H]4C(N(C)c5ccc6c(n5)OCc5cc(-n7cccn7)ccc5-6)[C@@H]4C3)C[C@@H](C1)N2. The third-order valence-corrected chi connectivity index (χ3v) is 14.0. The minimum Gasteiger partial charge on any atom is -0.472 e. The van der Waals surface area contributed by atoms with Crippen molar-refractivity contribution in [3.05, 3.63) is 109 Å². The number of rotatable bonds is 8. The predicted molar refractivity (Wildman–Crippen MR) is 223 cm³/mol.